The lowest BCUT2D eigenvalue weighted by Gasteiger charge is -2.21. The number of carbonyl (C=O) groups is 1. The van der Waals surface area contributed by atoms with Crippen LogP contribution < -0.4 is 10.6 Å². The first kappa shape index (κ1) is 22.2. The SMILES string of the molecule is CC(C)C(CO)NC(=O)c1ccccc1Nc1ccc2c(/C=C/c3ccccn3)n[nH]c2c1. The summed E-state index contributed by atoms with van der Waals surface area (Å²) in [4.78, 5) is 17.1. The molecule has 1 amide bonds. The summed E-state index contributed by atoms with van der Waals surface area (Å²) in [5, 5.41) is 24.3. The predicted octanol–water partition coefficient (Wildman–Crippen LogP) is 4.62. The van der Waals surface area contributed by atoms with Crippen molar-refractivity contribution in [2.75, 3.05) is 11.9 Å². The van der Waals surface area contributed by atoms with Crippen LogP contribution in [0.4, 0.5) is 11.4 Å². The van der Waals surface area contributed by atoms with Gasteiger partial charge in [0, 0.05) is 17.3 Å². The monoisotopic (exact) mass is 441 g/mol. The van der Waals surface area contributed by atoms with Gasteiger partial charge in [-0.1, -0.05) is 32.0 Å². The smallest absolute Gasteiger partial charge is 0.253 e. The van der Waals surface area contributed by atoms with Crippen molar-refractivity contribution in [3.8, 4) is 0 Å². The number of aromatic amines is 1. The minimum atomic E-state index is -0.301. The molecule has 1 atom stereocenters. The predicted molar refractivity (Wildman–Crippen MR) is 132 cm³/mol. The summed E-state index contributed by atoms with van der Waals surface area (Å²) < 4.78 is 0. The molecule has 0 aliphatic carbocycles. The summed E-state index contributed by atoms with van der Waals surface area (Å²) in [6.07, 6.45) is 5.61. The van der Waals surface area contributed by atoms with Crippen LogP contribution in [0.25, 0.3) is 23.1 Å². The number of nitrogens with one attached hydrogen (secondary N) is 3. The first-order valence-electron chi connectivity index (χ1n) is 10.9. The Kier molecular flexibility index (Phi) is 6.80. The van der Waals surface area contributed by atoms with E-state index in [9.17, 15) is 9.90 Å². The van der Waals surface area contributed by atoms with Crippen LogP contribution in [0.2, 0.25) is 0 Å². The van der Waals surface area contributed by atoms with Gasteiger partial charge in [-0.15, -0.1) is 0 Å². The van der Waals surface area contributed by atoms with Crippen LogP contribution in [-0.4, -0.2) is 38.8 Å². The molecule has 0 radical (unpaired) electrons. The van der Waals surface area contributed by atoms with Gasteiger partial charge in [-0.25, -0.2) is 0 Å². The average molecular weight is 442 g/mol. The molecule has 7 heteroatoms. The maximum absolute atomic E-state index is 12.8. The summed E-state index contributed by atoms with van der Waals surface area (Å²) in [5.74, 6) is -0.0989. The number of H-pyrrole nitrogens is 1. The third-order valence-electron chi connectivity index (χ3n) is 5.46. The minimum absolute atomic E-state index is 0.105. The highest BCUT2D eigenvalue weighted by Gasteiger charge is 2.18. The number of benzene rings is 2. The zero-order chi connectivity index (χ0) is 23.2. The summed E-state index contributed by atoms with van der Waals surface area (Å²) in [6.45, 7) is 3.82. The van der Waals surface area contributed by atoms with Crippen LogP contribution in [0.15, 0.2) is 66.9 Å². The molecule has 0 aliphatic heterocycles. The number of aliphatic hydroxyl groups excluding tert-OH is 1. The number of hydrogen-bond donors (Lipinski definition) is 4. The van der Waals surface area contributed by atoms with Crippen LogP contribution in [0.1, 0.15) is 35.6 Å². The Morgan fingerprint density at radius 3 is 2.67 bits per heavy atom. The van der Waals surface area contributed by atoms with Crippen LogP contribution in [0, 0.1) is 5.92 Å². The fourth-order valence-electron chi connectivity index (χ4n) is 3.50. The second kappa shape index (κ2) is 10.1. The number of nitrogens with zero attached hydrogens (tertiary/aromatic N) is 2. The van der Waals surface area contributed by atoms with E-state index in [1.54, 1.807) is 12.3 Å². The van der Waals surface area contributed by atoms with E-state index in [-0.39, 0.29) is 24.5 Å². The zero-order valence-corrected chi connectivity index (χ0v) is 18.6. The van der Waals surface area contributed by atoms with E-state index >= 15 is 0 Å². The van der Waals surface area contributed by atoms with Gasteiger partial charge in [0.25, 0.3) is 5.91 Å². The average Bonchev–Trinajstić information content (AvgIpc) is 3.24. The fourth-order valence-corrected chi connectivity index (χ4v) is 3.50. The van der Waals surface area contributed by atoms with Crippen molar-refractivity contribution >= 4 is 40.3 Å². The van der Waals surface area contributed by atoms with Gasteiger partial charge in [-0.05, 0) is 60.5 Å². The minimum Gasteiger partial charge on any atom is -0.394 e. The van der Waals surface area contributed by atoms with Crippen LogP contribution >= 0.6 is 0 Å². The number of rotatable bonds is 8. The summed E-state index contributed by atoms with van der Waals surface area (Å²) in [5.41, 5.74) is 4.59. The standard InChI is InChI=1S/C26H27N5O2/c1-17(2)25(16-32)29-26(33)21-8-3-4-9-22(21)28-19-10-12-20-23(30-31-24(20)15-19)13-11-18-7-5-6-14-27-18/h3-15,17,25,28,32H,16H2,1-2H3,(H,29,33)(H,30,31)/b13-11+. The number of carbonyl (C=O) groups excluding carboxylic acids is 1. The number of para-hydroxylation sites is 1. The molecule has 2 aromatic heterocycles. The molecule has 0 spiro atoms. The van der Waals surface area contributed by atoms with Crippen molar-refractivity contribution in [1.82, 2.24) is 20.5 Å². The van der Waals surface area contributed by atoms with E-state index in [2.05, 4.69) is 25.8 Å². The van der Waals surface area contributed by atoms with Gasteiger partial charge < -0.3 is 15.7 Å². The lowest BCUT2D eigenvalue weighted by molar-refractivity contribution is 0.0897. The molecule has 0 aliphatic rings. The topological polar surface area (TPSA) is 103 Å². The van der Waals surface area contributed by atoms with E-state index in [0.29, 0.717) is 11.3 Å². The second-order valence-corrected chi connectivity index (χ2v) is 8.13. The fraction of sp³-hybridized carbons (Fsp3) is 0.192. The number of hydrogen-bond acceptors (Lipinski definition) is 5. The maximum atomic E-state index is 12.8. The Morgan fingerprint density at radius 2 is 1.91 bits per heavy atom. The first-order chi connectivity index (χ1) is 16.0. The third-order valence-corrected chi connectivity index (χ3v) is 5.46. The van der Waals surface area contributed by atoms with Crippen LogP contribution in [0.3, 0.4) is 0 Å². The molecule has 0 bridgehead atoms. The van der Waals surface area contributed by atoms with Crippen molar-refractivity contribution in [2.24, 2.45) is 5.92 Å². The zero-order valence-electron chi connectivity index (χ0n) is 18.6. The molecular formula is C26H27N5O2. The summed E-state index contributed by atoms with van der Waals surface area (Å²) in [7, 11) is 0. The van der Waals surface area contributed by atoms with Gasteiger partial charge in [0.05, 0.1) is 40.8 Å². The Balaban J connectivity index is 1.54. The van der Waals surface area contributed by atoms with Gasteiger partial charge in [0.15, 0.2) is 0 Å². The molecule has 4 aromatic rings. The highest BCUT2D eigenvalue weighted by molar-refractivity contribution is 6.01. The Hall–Kier alpha value is -3.97. The molecule has 2 aromatic carbocycles. The number of aliphatic hydroxyl groups is 1. The summed E-state index contributed by atoms with van der Waals surface area (Å²) in [6, 6.07) is 18.7. The Morgan fingerprint density at radius 1 is 1.09 bits per heavy atom. The van der Waals surface area contributed by atoms with Gasteiger partial charge in [0.2, 0.25) is 0 Å². The Bertz CT molecular complexity index is 1260. The van der Waals surface area contributed by atoms with E-state index < -0.39 is 0 Å². The van der Waals surface area contributed by atoms with E-state index in [4.69, 9.17) is 0 Å². The molecule has 0 saturated heterocycles. The number of amides is 1. The number of aromatic nitrogens is 3. The van der Waals surface area contributed by atoms with Gasteiger partial charge in [-0.3, -0.25) is 14.9 Å². The number of fused-ring (bicyclic) bond motifs is 1. The first-order valence-corrected chi connectivity index (χ1v) is 10.9. The van der Waals surface area contributed by atoms with Crippen LogP contribution in [0.5, 0.6) is 0 Å². The van der Waals surface area contributed by atoms with Crippen molar-refractivity contribution < 1.29 is 9.90 Å². The quantitative estimate of drug-likeness (QED) is 0.320. The van der Waals surface area contributed by atoms with Gasteiger partial charge in [0.1, 0.15) is 0 Å². The van der Waals surface area contributed by atoms with Gasteiger partial charge >= 0.3 is 0 Å². The third kappa shape index (κ3) is 5.27. The highest BCUT2D eigenvalue weighted by atomic mass is 16.3. The molecular weight excluding hydrogens is 414 g/mol. The molecule has 0 saturated carbocycles. The van der Waals surface area contributed by atoms with E-state index in [1.807, 2.05) is 80.6 Å². The summed E-state index contributed by atoms with van der Waals surface area (Å²) >= 11 is 0. The van der Waals surface area contributed by atoms with Gasteiger partial charge in [-0.2, -0.15) is 5.10 Å². The lowest BCUT2D eigenvalue weighted by atomic mass is 10.0. The molecule has 168 valence electrons. The molecule has 4 N–H and O–H groups in total. The van der Waals surface area contributed by atoms with Crippen molar-refractivity contribution in [2.45, 2.75) is 19.9 Å². The van der Waals surface area contributed by atoms with Crippen molar-refractivity contribution in [3.05, 3.63) is 83.8 Å². The van der Waals surface area contributed by atoms with E-state index in [1.165, 1.54) is 0 Å². The molecule has 7 nitrogen and oxygen atoms in total. The van der Waals surface area contributed by atoms with Crippen molar-refractivity contribution in [1.29, 1.82) is 0 Å². The molecule has 0 fully saturated rings. The molecule has 2 heterocycles. The van der Waals surface area contributed by atoms with Crippen molar-refractivity contribution in [3.63, 3.8) is 0 Å². The molecule has 33 heavy (non-hydrogen) atoms. The highest BCUT2D eigenvalue weighted by Crippen LogP contribution is 2.26. The maximum Gasteiger partial charge on any atom is 0.253 e. The number of anilines is 2. The largest absolute Gasteiger partial charge is 0.394 e. The molecule has 4 rings (SSSR count). The molecule has 1 unspecified atom stereocenters. The normalized spacial score (nSPS) is 12.4. The Labute approximate surface area is 192 Å². The van der Waals surface area contributed by atoms with E-state index in [0.717, 1.165) is 28.0 Å². The number of pyridine rings is 1. The van der Waals surface area contributed by atoms with Crippen LogP contribution in [-0.2, 0) is 0 Å². The second-order valence-electron chi connectivity index (χ2n) is 8.13. The lowest BCUT2D eigenvalue weighted by Crippen LogP contribution is -2.41.